The van der Waals surface area contributed by atoms with Crippen molar-refractivity contribution < 1.29 is 14.4 Å². The lowest BCUT2D eigenvalue weighted by Crippen LogP contribution is -2.44. The number of nitrogens with one attached hydrogen (secondary N) is 3. The van der Waals surface area contributed by atoms with E-state index in [0.717, 1.165) is 30.6 Å². The quantitative estimate of drug-likeness (QED) is 0.303. The summed E-state index contributed by atoms with van der Waals surface area (Å²) in [5.41, 5.74) is 6.51. The predicted octanol–water partition coefficient (Wildman–Crippen LogP) is 4.12. The molecule has 0 aromatic carbocycles. The first-order valence-corrected chi connectivity index (χ1v) is 13.3. The Morgan fingerprint density at radius 3 is 2.68 bits per heavy atom. The Labute approximate surface area is 224 Å². The molecule has 0 aliphatic heterocycles. The van der Waals surface area contributed by atoms with Crippen molar-refractivity contribution in [1.82, 2.24) is 20.1 Å². The van der Waals surface area contributed by atoms with Crippen LogP contribution in [0.15, 0.2) is 36.8 Å². The monoisotopic (exact) mass is 543 g/mol. The van der Waals surface area contributed by atoms with Crippen LogP contribution in [0.2, 0.25) is 5.02 Å². The van der Waals surface area contributed by atoms with Crippen molar-refractivity contribution in [2.24, 2.45) is 18.7 Å². The number of thiophene rings is 1. The molecule has 1 unspecified atom stereocenters. The highest BCUT2D eigenvalue weighted by Gasteiger charge is 2.28. The zero-order valence-corrected chi connectivity index (χ0v) is 22.2. The smallest absolute Gasteiger partial charge is 0.269 e. The van der Waals surface area contributed by atoms with E-state index in [-0.39, 0.29) is 23.6 Å². The highest BCUT2D eigenvalue weighted by atomic mass is 35.5. The summed E-state index contributed by atoms with van der Waals surface area (Å²) in [5.74, 6) is -0.836. The van der Waals surface area contributed by atoms with E-state index < -0.39 is 11.9 Å². The second-order valence-electron chi connectivity index (χ2n) is 9.29. The van der Waals surface area contributed by atoms with Gasteiger partial charge in [0.1, 0.15) is 6.04 Å². The van der Waals surface area contributed by atoms with Gasteiger partial charge in [0.05, 0.1) is 33.5 Å². The van der Waals surface area contributed by atoms with E-state index in [0.29, 0.717) is 33.6 Å². The van der Waals surface area contributed by atoms with E-state index in [1.165, 1.54) is 17.5 Å². The molecule has 1 aliphatic carbocycles. The van der Waals surface area contributed by atoms with Crippen LogP contribution < -0.4 is 21.7 Å². The number of halogens is 1. The van der Waals surface area contributed by atoms with Crippen LogP contribution in [0.1, 0.15) is 70.1 Å². The summed E-state index contributed by atoms with van der Waals surface area (Å²) < 4.78 is 1.61. The van der Waals surface area contributed by atoms with Crippen molar-refractivity contribution in [3.8, 4) is 0 Å². The molecular weight excluding hydrogens is 514 g/mol. The number of pyridine rings is 1. The Morgan fingerprint density at radius 1 is 1.24 bits per heavy atom. The van der Waals surface area contributed by atoms with Crippen LogP contribution in [0, 0.1) is 5.92 Å². The third-order valence-electron chi connectivity index (χ3n) is 6.38. The second kappa shape index (κ2) is 11.7. The summed E-state index contributed by atoms with van der Waals surface area (Å²) in [4.78, 5) is 43.3. The fourth-order valence-corrected chi connectivity index (χ4v) is 5.58. The minimum atomic E-state index is -0.671. The molecule has 3 amide bonds. The lowest BCUT2D eigenvalue weighted by molar-refractivity contribution is -0.118. The maximum absolute atomic E-state index is 13.2. The Morgan fingerprint density at radius 2 is 2.00 bits per heavy atom. The standard InChI is InChI=1S/C25H30ClN7O3S/c1-14(30-18-10-16(26)11-28-22(18)23(27)34)20-7-8-21(37-20)25(36)32-19(9-15-5-3-4-6-15)24(35)31-17-12-29-33(2)13-17/h7-8,10-15,19,30H,3-6,9H2,1-2H3,(H2,27,34)(H,31,35)(H,32,36)/t14?,19-/m0/s1. The molecule has 0 radical (unpaired) electrons. The van der Waals surface area contributed by atoms with Gasteiger partial charge in [-0.15, -0.1) is 11.3 Å². The van der Waals surface area contributed by atoms with E-state index in [1.807, 2.05) is 13.0 Å². The Kier molecular flexibility index (Phi) is 8.45. The molecule has 0 spiro atoms. The van der Waals surface area contributed by atoms with Gasteiger partial charge in [0.25, 0.3) is 11.8 Å². The molecule has 3 aromatic heterocycles. The number of anilines is 2. The summed E-state index contributed by atoms with van der Waals surface area (Å²) in [7, 11) is 1.77. The maximum atomic E-state index is 13.2. The van der Waals surface area contributed by atoms with Crippen LogP contribution in [-0.4, -0.2) is 38.5 Å². The van der Waals surface area contributed by atoms with Crippen molar-refractivity contribution in [1.29, 1.82) is 0 Å². The van der Waals surface area contributed by atoms with Gasteiger partial charge in [-0.2, -0.15) is 5.10 Å². The van der Waals surface area contributed by atoms with Gasteiger partial charge in [0.2, 0.25) is 5.91 Å². The van der Waals surface area contributed by atoms with Crippen LogP contribution in [0.25, 0.3) is 0 Å². The van der Waals surface area contributed by atoms with Crippen LogP contribution in [0.3, 0.4) is 0 Å². The van der Waals surface area contributed by atoms with Crippen molar-refractivity contribution in [3.05, 3.63) is 57.3 Å². The number of aromatic nitrogens is 3. The number of amides is 3. The molecule has 4 rings (SSSR count). The zero-order chi connectivity index (χ0) is 26.5. The lowest BCUT2D eigenvalue weighted by atomic mass is 9.97. The summed E-state index contributed by atoms with van der Waals surface area (Å²) in [5, 5.41) is 13.5. The third-order valence-corrected chi connectivity index (χ3v) is 7.85. The largest absolute Gasteiger partial charge is 0.376 e. The fourth-order valence-electron chi connectivity index (χ4n) is 4.51. The molecule has 1 saturated carbocycles. The van der Waals surface area contributed by atoms with Gasteiger partial charge < -0.3 is 21.7 Å². The highest BCUT2D eigenvalue weighted by Crippen LogP contribution is 2.30. The molecule has 0 saturated heterocycles. The van der Waals surface area contributed by atoms with Crippen LogP contribution in [0.5, 0.6) is 0 Å². The minimum Gasteiger partial charge on any atom is -0.376 e. The van der Waals surface area contributed by atoms with Gasteiger partial charge in [-0.1, -0.05) is 37.3 Å². The molecule has 10 nitrogen and oxygen atoms in total. The SMILES string of the molecule is CC(Nc1cc(Cl)cnc1C(N)=O)c1ccc(C(=O)N[C@@H](CC2CCCC2)C(=O)Nc2cnn(C)c2)s1. The van der Waals surface area contributed by atoms with Gasteiger partial charge in [0.15, 0.2) is 5.69 Å². The maximum Gasteiger partial charge on any atom is 0.269 e. The van der Waals surface area contributed by atoms with Gasteiger partial charge in [-0.25, -0.2) is 4.98 Å². The van der Waals surface area contributed by atoms with Crippen molar-refractivity contribution in [3.63, 3.8) is 0 Å². The molecule has 3 aromatic rings. The van der Waals surface area contributed by atoms with Crippen LogP contribution in [-0.2, 0) is 11.8 Å². The van der Waals surface area contributed by atoms with E-state index in [9.17, 15) is 14.4 Å². The summed E-state index contributed by atoms with van der Waals surface area (Å²) in [6.07, 6.45) is 9.65. The Hall–Kier alpha value is -3.44. The average Bonchev–Trinajstić information content (AvgIpc) is 3.61. The minimum absolute atomic E-state index is 0.0835. The van der Waals surface area contributed by atoms with Crippen molar-refractivity contribution in [2.45, 2.75) is 51.1 Å². The molecule has 3 heterocycles. The first-order valence-electron chi connectivity index (χ1n) is 12.1. The molecule has 196 valence electrons. The van der Waals surface area contributed by atoms with E-state index in [2.05, 4.69) is 26.0 Å². The number of nitrogens with two attached hydrogens (primary N) is 1. The number of hydrogen-bond donors (Lipinski definition) is 4. The van der Waals surface area contributed by atoms with Gasteiger partial charge in [-0.05, 0) is 37.5 Å². The van der Waals surface area contributed by atoms with Crippen LogP contribution in [0.4, 0.5) is 11.4 Å². The van der Waals surface area contributed by atoms with Gasteiger partial charge in [-0.3, -0.25) is 19.1 Å². The Bertz CT molecular complexity index is 1280. The first-order chi connectivity index (χ1) is 17.7. The normalized spacial score (nSPS) is 15.2. The zero-order valence-electron chi connectivity index (χ0n) is 20.7. The fraction of sp³-hybridized carbons (Fsp3) is 0.400. The number of aryl methyl sites for hydroxylation is 1. The van der Waals surface area contributed by atoms with E-state index >= 15 is 0 Å². The van der Waals surface area contributed by atoms with Crippen LogP contribution >= 0.6 is 22.9 Å². The van der Waals surface area contributed by atoms with Gasteiger partial charge in [0, 0.05) is 24.3 Å². The summed E-state index contributed by atoms with van der Waals surface area (Å²) >= 11 is 7.34. The van der Waals surface area contributed by atoms with Crippen molar-refractivity contribution >= 4 is 52.0 Å². The molecular formula is C25H30ClN7O3S. The second-order valence-corrected chi connectivity index (χ2v) is 10.8. The molecule has 2 atom stereocenters. The summed E-state index contributed by atoms with van der Waals surface area (Å²) in [6, 6.07) is 4.23. The molecule has 12 heteroatoms. The Balaban J connectivity index is 1.45. The van der Waals surface area contributed by atoms with Gasteiger partial charge >= 0.3 is 0 Å². The molecule has 37 heavy (non-hydrogen) atoms. The first kappa shape index (κ1) is 26.6. The number of carbonyl (C=O) groups excluding carboxylic acids is 3. The number of hydrogen-bond acceptors (Lipinski definition) is 7. The number of carbonyl (C=O) groups is 3. The topological polar surface area (TPSA) is 144 Å². The molecule has 1 aliphatic rings. The predicted molar refractivity (Wildman–Crippen MR) is 144 cm³/mol. The van der Waals surface area contributed by atoms with E-state index in [4.69, 9.17) is 17.3 Å². The molecule has 5 N–H and O–H groups in total. The van der Waals surface area contributed by atoms with E-state index in [1.54, 1.807) is 36.3 Å². The molecule has 0 bridgehead atoms. The average molecular weight is 544 g/mol. The number of rotatable bonds is 10. The highest BCUT2D eigenvalue weighted by molar-refractivity contribution is 7.14. The number of nitrogens with zero attached hydrogens (tertiary/aromatic N) is 3. The van der Waals surface area contributed by atoms with Crippen molar-refractivity contribution in [2.75, 3.05) is 10.6 Å². The lowest BCUT2D eigenvalue weighted by Gasteiger charge is -2.21. The third kappa shape index (κ3) is 6.86. The summed E-state index contributed by atoms with van der Waals surface area (Å²) in [6.45, 7) is 1.89. The molecule has 1 fully saturated rings. The number of primary amides is 1.